The Hall–Kier alpha value is -1.63. The van der Waals surface area contributed by atoms with E-state index in [1.807, 2.05) is 0 Å². The van der Waals surface area contributed by atoms with Crippen LogP contribution in [0.4, 0.5) is 0 Å². The van der Waals surface area contributed by atoms with Crippen molar-refractivity contribution in [3.8, 4) is 0 Å². The molecule has 0 heterocycles. The fourth-order valence-electron chi connectivity index (χ4n) is 10.1. The molecule has 0 N–H and O–H groups in total. The normalized spacial score (nSPS) is 11.9. The van der Waals surface area contributed by atoms with Gasteiger partial charge in [-0.2, -0.15) is 0 Å². The molecule has 0 aromatic rings. The summed E-state index contributed by atoms with van der Waals surface area (Å²) in [5.41, 5.74) is -0.821. The van der Waals surface area contributed by atoms with Crippen LogP contribution >= 0.6 is 0 Å². The van der Waals surface area contributed by atoms with Crippen LogP contribution < -0.4 is 0 Å². The smallest absolute Gasteiger partial charge is 0.305 e. The molecule has 0 rings (SSSR count). The fraction of sp³-hybridized carbons (Fsp3) is 0.952. The van der Waals surface area contributed by atoms with Crippen LogP contribution in [0.2, 0.25) is 0 Å². The van der Waals surface area contributed by atoms with Crippen molar-refractivity contribution < 1.29 is 33.1 Å². The van der Waals surface area contributed by atoms with E-state index < -0.39 is 5.41 Å². The summed E-state index contributed by atoms with van der Waals surface area (Å²) in [7, 11) is 6.25. The SMILES string of the molecule is CCCCCCCCCCCCCCCCCC(=O)OCC(COC(=O)CCCCCCCCCCCCCCCCC)(COC(=O)CCCCCCCCCCCCCCCCC)C[N+](C)(C)C. The molecule has 0 atom stereocenters. The monoisotopic (exact) mass is 977 g/mol. The third kappa shape index (κ3) is 51.1. The lowest BCUT2D eigenvalue weighted by molar-refractivity contribution is -0.877. The highest BCUT2D eigenvalue weighted by Crippen LogP contribution is 2.26. The van der Waals surface area contributed by atoms with Crippen molar-refractivity contribution in [1.82, 2.24) is 0 Å². The summed E-state index contributed by atoms with van der Waals surface area (Å²) in [5, 5.41) is 0. The average Bonchev–Trinajstić information content (AvgIpc) is 3.32. The molecule has 410 valence electrons. The Kier molecular flexibility index (Phi) is 50.1. The van der Waals surface area contributed by atoms with Gasteiger partial charge < -0.3 is 18.7 Å². The molecule has 0 aromatic heterocycles. The van der Waals surface area contributed by atoms with Gasteiger partial charge in [-0.05, 0) is 19.3 Å². The van der Waals surface area contributed by atoms with Gasteiger partial charge in [-0.25, -0.2) is 0 Å². The lowest BCUT2D eigenvalue weighted by atomic mass is 9.89. The first-order chi connectivity index (χ1) is 33.6. The van der Waals surface area contributed by atoms with Crippen molar-refractivity contribution >= 4 is 17.9 Å². The van der Waals surface area contributed by atoms with E-state index in [1.165, 1.54) is 231 Å². The topological polar surface area (TPSA) is 78.9 Å². The number of rotatable bonds is 56. The number of nitrogens with zero attached hydrogens (tertiary/aromatic N) is 1. The first-order valence-electron chi connectivity index (χ1n) is 30.8. The maximum atomic E-state index is 13.2. The van der Waals surface area contributed by atoms with Crippen LogP contribution in [0.25, 0.3) is 0 Å². The van der Waals surface area contributed by atoms with Gasteiger partial charge in [0.05, 0.1) is 27.7 Å². The van der Waals surface area contributed by atoms with Crippen molar-refractivity contribution in [2.24, 2.45) is 5.41 Å². The molecule has 7 heteroatoms. The van der Waals surface area contributed by atoms with Crippen LogP contribution in [-0.2, 0) is 28.6 Å². The summed E-state index contributed by atoms with van der Waals surface area (Å²) < 4.78 is 18.5. The minimum absolute atomic E-state index is 0.0680. The molecule has 0 radical (unpaired) electrons. The largest absolute Gasteiger partial charge is 0.465 e. The molecule has 0 aromatic carbocycles. The van der Waals surface area contributed by atoms with Crippen molar-refractivity contribution in [3.05, 3.63) is 0 Å². The van der Waals surface area contributed by atoms with E-state index in [0.717, 1.165) is 57.8 Å². The molecule has 7 nitrogen and oxygen atoms in total. The second-order valence-electron chi connectivity index (χ2n) is 23.0. The number of ether oxygens (including phenoxy) is 3. The van der Waals surface area contributed by atoms with Gasteiger partial charge in [0.1, 0.15) is 25.2 Å². The van der Waals surface area contributed by atoms with Gasteiger partial charge in [0.15, 0.2) is 0 Å². The molecule has 0 aliphatic heterocycles. The average molecular weight is 978 g/mol. The molecule has 0 unspecified atom stereocenters. The van der Waals surface area contributed by atoms with Crippen LogP contribution in [0.5, 0.6) is 0 Å². The number of quaternary nitrogens is 1. The lowest BCUT2D eigenvalue weighted by Gasteiger charge is -2.38. The molecular formula is C62H122NO6+. The molecule has 0 aliphatic carbocycles. The molecule has 0 saturated heterocycles. The van der Waals surface area contributed by atoms with Crippen molar-refractivity contribution in [3.63, 3.8) is 0 Å². The van der Waals surface area contributed by atoms with Gasteiger partial charge in [-0.15, -0.1) is 0 Å². The zero-order valence-corrected chi connectivity index (χ0v) is 47.7. The number of carbonyl (C=O) groups excluding carboxylic acids is 3. The predicted molar refractivity (Wildman–Crippen MR) is 297 cm³/mol. The van der Waals surface area contributed by atoms with Crippen molar-refractivity contribution in [1.29, 1.82) is 0 Å². The van der Waals surface area contributed by atoms with Crippen molar-refractivity contribution in [2.75, 3.05) is 47.5 Å². The van der Waals surface area contributed by atoms with Crippen LogP contribution in [0, 0.1) is 5.41 Å². The van der Waals surface area contributed by atoms with E-state index in [9.17, 15) is 14.4 Å². The summed E-state index contributed by atoms with van der Waals surface area (Å²) in [6, 6.07) is 0. The highest BCUT2D eigenvalue weighted by Gasteiger charge is 2.41. The molecule has 0 aliphatic rings. The van der Waals surface area contributed by atoms with Gasteiger partial charge in [0.2, 0.25) is 0 Å². The first kappa shape index (κ1) is 67.4. The summed E-state index contributed by atoms with van der Waals surface area (Å²) in [4.78, 5) is 39.5. The lowest BCUT2D eigenvalue weighted by Crippen LogP contribution is -2.52. The van der Waals surface area contributed by atoms with Crippen LogP contribution in [0.15, 0.2) is 0 Å². The molecule has 0 spiro atoms. The Morgan fingerprint density at radius 1 is 0.275 bits per heavy atom. The molecular weight excluding hydrogens is 855 g/mol. The van der Waals surface area contributed by atoms with Gasteiger partial charge in [-0.1, -0.05) is 290 Å². The van der Waals surface area contributed by atoms with Crippen LogP contribution in [-0.4, -0.2) is 69.9 Å². The standard InChI is InChI=1S/C62H122NO6/c1-7-10-13-16-19-22-25-28-31-34-37-40-43-46-49-52-59(64)67-56-62(55-63(4,5)6,57-68-60(65)53-50-47-44-41-38-35-32-29-26-23-20-17-14-11-8-2)58-69-61(66)54-51-48-45-42-39-36-33-30-27-24-21-18-15-12-9-3/h7-58H2,1-6H3/q+1. The summed E-state index contributed by atoms with van der Waals surface area (Å²) >= 11 is 0. The van der Waals surface area contributed by atoms with E-state index in [-0.39, 0.29) is 37.7 Å². The number of unbranched alkanes of at least 4 members (excludes halogenated alkanes) is 42. The maximum Gasteiger partial charge on any atom is 0.305 e. The zero-order valence-electron chi connectivity index (χ0n) is 47.7. The Morgan fingerprint density at radius 3 is 0.594 bits per heavy atom. The summed E-state index contributed by atoms with van der Waals surface area (Å²) in [5.74, 6) is -0.656. The van der Waals surface area contributed by atoms with Crippen molar-refractivity contribution in [2.45, 2.75) is 329 Å². The van der Waals surface area contributed by atoms with E-state index >= 15 is 0 Å². The molecule has 0 saturated carbocycles. The van der Waals surface area contributed by atoms with Gasteiger partial charge in [0, 0.05) is 19.3 Å². The van der Waals surface area contributed by atoms with Crippen LogP contribution in [0.3, 0.4) is 0 Å². The predicted octanol–water partition coefficient (Wildman–Crippen LogP) is 19.1. The first-order valence-corrected chi connectivity index (χ1v) is 30.8. The number of hydrogen-bond donors (Lipinski definition) is 0. The molecule has 0 bridgehead atoms. The highest BCUT2D eigenvalue weighted by atomic mass is 16.6. The third-order valence-corrected chi connectivity index (χ3v) is 14.4. The number of esters is 3. The summed E-state index contributed by atoms with van der Waals surface area (Å²) in [6.07, 6.45) is 58.9. The van der Waals surface area contributed by atoms with E-state index in [2.05, 4.69) is 41.9 Å². The van der Waals surface area contributed by atoms with E-state index in [0.29, 0.717) is 30.3 Å². The van der Waals surface area contributed by atoms with Crippen LogP contribution in [0.1, 0.15) is 329 Å². The van der Waals surface area contributed by atoms with Gasteiger partial charge >= 0.3 is 17.9 Å². The number of carbonyl (C=O) groups is 3. The third-order valence-electron chi connectivity index (χ3n) is 14.4. The minimum Gasteiger partial charge on any atom is -0.465 e. The van der Waals surface area contributed by atoms with E-state index in [1.54, 1.807) is 0 Å². The van der Waals surface area contributed by atoms with E-state index in [4.69, 9.17) is 14.2 Å². The quantitative estimate of drug-likeness (QED) is 0.0261. The fourth-order valence-corrected chi connectivity index (χ4v) is 10.1. The van der Waals surface area contributed by atoms with Gasteiger partial charge in [0.25, 0.3) is 0 Å². The molecule has 0 amide bonds. The second-order valence-corrected chi connectivity index (χ2v) is 23.0. The Morgan fingerprint density at radius 2 is 0.435 bits per heavy atom. The molecule has 69 heavy (non-hydrogen) atoms. The Bertz CT molecular complexity index is 981. The minimum atomic E-state index is -0.821. The van der Waals surface area contributed by atoms with Gasteiger partial charge in [-0.3, -0.25) is 14.4 Å². The highest BCUT2D eigenvalue weighted by molar-refractivity contribution is 5.70. The molecule has 0 fully saturated rings. The maximum absolute atomic E-state index is 13.2. The Balaban J connectivity index is 4.84. The zero-order chi connectivity index (χ0) is 50.6. The summed E-state index contributed by atoms with van der Waals surface area (Å²) in [6.45, 7) is 7.58. The second kappa shape index (κ2) is 51.3. The number of hydrogen-bond acceptors (Lipinski definition) is 6. The Labute approximate surface area is 431 Å².